The summed E-state index contributed by atoms with van der Waals surface area (Å²) in [6.45, 7) is 7.78. The lowest BCUT2D eigenvalue weighted by Crippen LogP contribution is -2.61. The molecule has 2 N–H and O–H groups in total. The second kappa shape index (κ2) is 9.35. The smallest absolute Gasteiger partial charge is 0.358 e. The summed E-state index contributed by atoms with van der Waals surface area (Å²) in [6.07, 6.45) is -0.480. The number of fused-ring (bicyclic) bond motifs is 1. The van der Waals surface area contributed by atoms with Crippen molar-refractivity contribution in [3.63, 3.8) is 0 Å². The number of esters is 2. The Morgan fingerprint density at radius 1 is 1.24 bits per heavy atom. The fraction of sp³-hybridized carbons (Fsp3) is 0.500. The third-order valence-corrected chi connectivity index (χ3v) is 5.73. The van der Waals surface area contributed by atoms with Crippen molar-refractivity contribution in [1.29, 1.82) is 0 Å². The van der Waals surface area contributed by atoms with Crippen molar-refractivity contribution in [1.82, 2.24) is 10.2 Å². The lowest BCUT2D eigenvalue weighted by Gasteiger charge is -2.44. The zero-order chi connectivity index (χ0) is 24.5. The summed E-state index contributed by atoms with van der Waals surface area (Å²) >= 11 is 0. The molecule has 9 nitrogen and oxygen atoms in total. The fourth-order valence-electron chi connectivity index (χ4n) is 4.03. The molecule has 1 fully saturated rings. The van der Waals surface area contributed by atoms with E-state index in [9.17, 15) is 24.3 Å². The summed E-state index contributed by atoms with van der Waals surface area (Å²) in [5.41, 5.74) is 1.48. The maximum Gasteiger partial charge on any atom is 0.358 e. The van der Waals surface area contributed by atoms with E-state index in [0.717, 1.165) is 5.56 Å². The van der Waals surface area contributed by atoms with E-state index < -0.39 is 36.2 Å². The van der Waals surface area contributed by atoms with Crippen molar-refractivity contribution in [2.45, 2.75) is 59.7 Å². The zero-order valence-electron chi connectivity index (χ0n) is 19.5. The number of nitrogens with zero attached hydrogens (tertiary/aromatic N) is 1. The van der Waals surface area contributed by atoms with Crippen molar-refractivity contribution in [2.24, 2.45) is 11.3 Å². The molecular formula is C24H30N2O7. The van der Waals surface area contributed by atoms with Crippen LogP contribution in [0.5, 0.6) is 0 Å². The van der Waals surface area contributed by atoms with Crippen molar-refractivity contribution in [3.05, 3.63) is 41.1 Å². The van der Waals surface area contributed by atoms with Gasteiger partial charge in [-0.25, -0.2) is 4.79 Å². The van der Waals surface area contributed by atoms with Crippen LogP contribution in [0.25, 0.3) is 5.57 Å². The van der Waals surface area contributed by atoms with E-state index in [1.54, 1.807) is 33.8 Å². The predicted molar refractivity (Wildman–Crippen MR) is 118 cm³/mol. The predicted octanol–water partition coefficient (Wildman–Crippen LogP) is 1.74. The van der Waals surface area contributed by atoms with Crippen molar-refractivity contribution < 1.29 is 33.8 Å². The molecule has 3 rings (SSSR count). The molecule has 2 heterocycles. The summed E-state index contributed by atoms with van der Waals surface area (Å²) in [4.78, 5) is 50.3. The van der Waals surface area contributed by atoms with E-state index in [1.807, 2.05) is 18.2 Å². The molecule has 0 radical (unpaired) electrons. The van der Waals surface area contributed by atoms with Crippen LogP contribution in [-0.2, 0) is 35.2 Å². The molecular weight excluding hydrogens is 428 g/mol. The van der Waals surface area contributed by atoms with Gasteiger partial charge in [0.15, 0.2) is 0 Å². The van der Waals surface area contributed by atoms with Gasteiger partial charge in [-0.15, -0.1) is 0 Å². The molecule has 0 aliphatic carbocycles. The third kappa shape index (κ3) is 5.08. The molecule has 0 bridgehead atoms. The first-order valence-corrected chi connectivity index (χ1v) is 10.8. The summed E-state index contributed by atoms with van der Waals surface area (Å²) in [5, 5.41) is 12.8. The van der Waals surface area contributed by atoms with E-state index in [-0.39, 0.29) is 23.6 Å². The zero-order valence-corrected chi connectivity index (χ0v) is 19.5. The van der Waals surface area contributed by atoms with Crippen LogP contribution in [0.4, 0.5) is 0 Å². The van der Waals surface area contributed by atoms with Crippen LogP contribution in [0.1, 0.15) is 52.2 Å². The lowest BCUT2D eigenvalue weighted by molar-refractivity contribution is -0.175. The van der Waals surface area contributed by atoms with E-state index in [1.165, 1.54) is 11.8 Å². The molecule has 1 aromatic rings. The molecule has 0 aromatic heterocycles. The van der Waals surface area contributed by atoms with Gasteiger partial charge in [0, 0.05) is 13.5 Å². The minimum Gasteiger partial charge on any atom is -0.427 e. The highest BCUT2D eigenvalue weighted by atomic mass is 16.7. The van der Waals surface area contributed by atoms with Crippen LogP contribution in [0, 0.1) is 11.3 Å². The van der Waals surface area contributed by atoms with E-state index >= 15 is 0 Å². The SMILES string of the molecule is CC(=O)NCc1cccc(C2=C(C(=O)OCOC(=O)C(C)(C)C)N3C(=O)[C@H]([C@@H](C)O)[C@H]3C2)c1. The van der Waals surface area contributed by atoms with Gasteiger partial charge >= 0.3 is 11.9 Å². The van der Waals surface area contributed by atoms with Crippen molar-refractivity contribution >= 4 is 29.3 Å². The molecule has 0 unspecified atom stereocenters. The number of rotatable bonds is 7. The van der Waals surface area contributed by atoms with Gasteiger partial charge in [-0.2, -0.15) is 0 Å². The maximum atomic E-state index is 13.0. The first-order valence-electron chi connectivity index (χ1n) is 10.8. The Bertz CT molecular complexity index is 1010. The first kappa shape index (κ1) is 24.4. The Balaban J connectivity index is 1.87. The number of hydrogen-bond donors (Lipinski definition) is 2. The van der Waals surface area contributed by atoms with Gasteiger partial charge in [0.2, 0.25) is 18.6 Å². The fourth-order valence-corrected chi connectivity index (χ4v) is 4.03. The number of ether oxygens (including phenoxy) is 2. The van der Waals surface area contributed by atoms with Gasteiger partial charge in [-0.1, -0.05) is 18.2 Å². The Hall–Kier alpha value is -3.20. The number of carbonyl (C=O) groups excluding carboxylic acids is 4. The van der Waals surface area contributed by atoms with Crippen LogP contribution in [-0.4, -0.2) is 52.7 Å². The Morgan fingerprint density at radius 2 is 1.94 bits per heavy atom. The molecule has 1 aromatic carbocycles. The van der Waals surface area contributed by atoms with Crippen LogP contribution in [0.2, 0.25) is 0 Å². The monoisotopic (exact) mass is 458 g/mol. The number of aliphatic hydroxyl groups is 1. The largest absolute Gasteiger partial charge is 0.427 e. The number of hydrogen-bond acceptors (Lipinski definition) is 7. The van der Waals surface area contributed by atoms with Gasteiger partial charge in [0.05, 0.1) is 23.5 Å². The number of benzene rings is 1. The Labute approximate surface area is 192 Å². The van der Waals surface area contributed by atoms with Crippen LogP contribution >= 0.6 is 0 Å². The molecule has 9 heteroatoms. The topological polar surface area (TPSA) is 122 Å². The van der Waals surface area contributed by atoms with Crippen molar-refractivity contribution in [3.8, 4) is 0 Å². The average Bonchev–Trinajstić information content (AvgIpc) is 3.06. The molecule has 0 saturated carbocycles. The number of β-lactam (4-membered cyclic amide) rings is 1. The van der Waals surface area contributed by atoms with Crippen LogP contribution in [0.15, 0.2) is 30.0 Å². The molecule has 33 heavy (non-hydrogen) atoms. The van der Waals surface area contributed by atoms with Crippen LogP contribution < -0.4 is 5.32 Å². The molecule has 178 valence electrons. The lowest BCUT2D eigenvalue weighted by atomic mass is 9.82. The highest BCUT2D eigenvalue weighted by molar-refractivity contribution is 6.06. The molecule has 1 saturated heterocycles. The highest BCUT2D eigenvalue weighted by Crippen LogP contribution is 2.47. The quantitative estimate of drug-likeness (QED) is 0.362. The number of nitrogens with one attached hydrogen (secondary N) is 1. The second-order valence-corrected chi connectivity index (χ2v) is 9.41. The number of aliphatic hydroxyl groups excluding tert-OH is 1. The summed E-state index contributed by atoms with van der Waals surface area (Å²) in [5.74, 6) is -2.42. The summed E-state index contributed by atoms with van der Waals surface area (Å²) < 4.78 is 10.2. The minimum absolute atomic E-state index is 0.0883. The summed E-state index contributed by atoms with van der Waals surface area (Å²) in [6, 6.07) is 6.94. The second-order valence-electron chi connectivity index (χ2n) is 9.41. The van der Waals surface area contributed by atoms with E-state index in [0.29, 0.717) is 24.1 Å². The van der Waals surface area contributed by atoms with E-state index in [2.05, 4.69) is 5.32 Å². The molecule has 2 aliphatic heterocycles. The maximum absolute atomic E-state index is 13.0. The number of carbonyl (C=O) groups is 4. The highest BCUT2D eigenvalue weighted by Gasteiger charge is 2.57. The minimum atomic E-state index is -0.853. The Morgan fingerprint density at radius 3 is 2.55 bits per heavy atom. The Kier molecular flexibility index (Phi) is 6.92. The summed E-state index contributed by atoms with van der Waals surface area (Å²) in [7, 11) is 0. The molecule has 2 aliphatic rings. The molecule has 2 amide bonds. The van der Waals surface area contributed by atoms with Gasteiger partial charge in [0.25, 0.3) is 0 Å². The van der Waals surface area contributed by atoms with Crippen molar-refractivity contribution in [2.75, 3.05) is 6.79 Å². The number of amides is 2. The van der Waals surface area contributed by atoms with Crippen LogP contribution in [0.3, 0.4) is 0 Å². The standard InChI is InChI=1S/C24H30N2O7/c1-13(27)19-18-10-17(16-8-6-7-15(9-16)11-25-14(2)28)20(26(18)21(19)29)22(30)32-12-33-23(31)24(3,4)5/h6-9,13,18-19,27H,10-12H2,1-5H3,(H,25,28)/t13-,18-,19-/m1/s1. The van der Waals surface area contributed by atoms with Gasteiger partial charge in [-0.05, 0) is 56.9 Å². The van der Waals surface area contributed by atoms with Gasteiger partial charge < -0.3 is 24.8 Å². The third-order valence-electron chi connectivity index (χ3n) is 5.73. The van der Waals surface area contributed by atoms with E-state index in [4.69, 9.17) is 9.47 Å². The van der Waals surface area contributed by atoms with Gasteiger partial charge in [0.1, 0.15) is 5.70 Å². The average molecular weight is 459 g/mol. The normalized spacial score (nSPS) is 20.7. The first-order chi connectivity index (χ1) is 15.4. The molecule has 0 spiro atoms. The van der Waals surface area contributed by atoms with Gasteiger partial charge in [-0.3, -0.25) is 14.4 Å². The molecule has 3 atom stereocenters.